The first-order valence-corrected chi connectivity index (χ1v) is 8.98. The molecule has 0 fully saturated rings. The van der Waals surface area contributed by atoms with Gasteiger partial charge in [0.25, 0.3) is 0 Å². The van der Waals surface area contributed by atoms with Crippen LogP contribution in [0.5, 0.6) is 5.75 Å². The van der Waals surface area contributed by atoms with Crippen LogP contribution in [0, 0.1) is 11.6 Å². The molecular formula is C21H17F2N5O. The molecule has 1 N–H and O–H groups in total. The summed E-state index contributed by atoms with van der Waals surface area (Å²) in [5, 5.41) is 3.70. The number of fused-ring (bicyclic) bond motifs is 1. The van der Waals surface area contributed by atoms with Gasteiger partial charge in [0.1, 0.15) is 35.0 Å². The monoisotopic (exact) mass is 393 g/mol. The molecule has 0 aliphatic rings. The van der Waals surface area contributed by atoms with E-state index in [0.717, 1.165) is 6.07 Å². The summed E-state index contributed by atoms with van der Waals surface area (Å²) in [5.74, 6) is 0.159. The SMILES string of the molecule is CCOc1cc(-c2ccc(F)cc2F)cc2c(NC)nc(-c3cncnc3)nc12. The topological polar surface area (TPSA) is 72.8 Å². The smallest absolute Gasteiger partial charge is 0.165 e. The van der Waals surface area contributed by atoms with Crippen LogP contribution >= 0.6 is 0 Å². The second kappa shape index (κ2) is 7.75. The summed E-state index contributed by atoms with van der Waals surface area (Å²) in [6, 6.07) is 6.92. The van der Waals surface area contributed by atoms with Gasteiger partial charge in [-0.15, -0.1) is 0 Å². The van der Waals surface area contributed by atoms with E-state index in [1.165, 1.54) is 18.5 Å². The largest absolute Gasteiger partial charge is 0.492 e. The van der Waals surface area contributed by atoms with Gasteiger partial charge in [-0.1, -0.05) is 0 Å². The van der Waals surface area contributed by atoms with Crippen molar-refractivity contribution in [3.63, 3.8) is 0 Å². The Morgan fingerprint density at radius 2 is 1.79 bits per heavy atom. The van der Waals surface area contributed by atoms with Crippen LogP contribution in [0.25, 0.3) is 33.4 Å². The first-order valence-electron chi connectivity index (χ1n) is 8.98. The van der Waals surface area contributed by atoms with Crippen LogP contribution in [0.1, 0.15) is 6.92 Å². The van der Waals surface area contributed by atoms with Gasteiger partial charge in [-0.3, -0.25) is 0 Å². The molecule has 0 aliphatic heterocycles. The van der Waals surface area contributed by atoms with E-state index in [2.05, 4.69) is 25.3 Å². The highest BCUT2D eigenvalue weighted by Crippen LogP contribution is 2.36. The Labute approximate surface area is 165 Å². The Bertz CT molecular complexity index is 1180. The van der Waals surface area contributed by atoms with E-state index in [4.69, 9.17) is 4.74 Å². The lowest BCUT2D eigenvalue weighted by molar-refractivity contribution is 0.344. The number of hydrogen-bond acceptors (Lipinski definition) is 6. The highest BCUT2D eigenvalue weighted by Gasteiger charge is 2.17. The summed E-state index contributed by atoms with van der Waals surface area (Å²) in [5.41, 5.74) is 2.02. The molecule has 2 heterocycles. The lowest BCUT2D eigenvalue weighted by Crippen LogP contribution is -2.02. The summed E-state index contributed by atoms with van der Waals surface area (Å²) in [6.07, 6.45) is 4.67. The number of nitrogens with one attached hydrogen (secondary N) is 1. The Kier molecular flexibility index (Phi) is 4.99. The Balaban J connectivity index is 1.98. The molecule has 0 saturated heterocycles. The second-order valence-electron chi connectivity index (χ2n) is 6.20. The molecule has 8 heteroatoms. The highest BCUT2D eigenvalue weighted by atomic mass is 19.1. The number of aromatic nitrogens is 4. The predicted octanol–water partition coefficient (Wildman–Crippen LogP) is 4.47. The lowest BCUT2D eigenvalue weighted by Gasteiger charge is -2.14. The zero-order valence-electron chi connectivity index (χ0n) is 15.8. The fraction of sp³-hybridized carbons (Fsp3) is 0.143. The average molecular weight is 393 g/mol. The van der Waals surface area contributed by atoms with E-state index in [1.807, 2.05) is 6.92 Å². The zero-order valence-corrected chi connectivity index (χ0v) is 15.8. The summed E-state index contributed by atoms with van der Waals surface area (Å²) in [7, 11) is 1.73. The number of nitrogens with zero attached hydrogens (tertiary/aromatic N) is 4. The number of halogens is 2. The van der Waals surface area contributed by atoms with E-state index < -0.39 is 11.6 Å². The minimum Gasteiger partial charge on any atom is -0.492 e. The first kappa shape index (κ1) is 18.7. The van der Waals surface area contributed by atoms with Gasteiger partial charge in [-0.25, -0.2) is 28.7 Å². The number of ether oxygens (including phenoxy) is 1. The third kappa shape index (κ3) is 3.56. The van der Waals surface area contributed by atoms with Crippen molar-refractivity contribution in [2.75, 3.05) is 19.0 Å². The lowest BCUT2D eigenvalue weighted by atomic mass is 10.0. The van der Waals surface area contributed by atoms with Gasteiger partial charge in [-0.05, 0) is 36.8 Å². The van der Waals surface area contributed by atoms with Crippen LogP contribution in [-0.2, 0) is 0 Å². The fourth-order valence-electron chi connectivity index (χ4n) is 3.08. The molecule has 146 valence electrons. The molecule has 0 unspecified atom stereocenters. The molecule has 0 bridgehead atoms. The fourth-order valence-corrected chi connectivity index (χ4v) is 3.08. The zero-order chi connectivity index (χ0) is 20.4. The quantitative estimate of drug-likeness (QED) is 0.539. The molecule has 2 aromatic carbocycles. The molecular weight excluding hydrogens is 376 g/mol. The maximum Gasteiger partial charge on any atom is 0.165 e. The maximum atomic E-state index is 14.4. The van der Waals surface area contributed by atoms with Crippen molar-refractivity contribution in [3.05, 3.63) is 60.7 Å². The Hall–Kier alpha value is -3.68. The van der Waals surface area contributed by atoms with Gasteiger partial charge < -0.3 is 10.1 Å². The van der Waals surface area contributed by atoms with Crippen LogP contribution in [0.2, 0.25) is 0 Å². The molecule has 0 aliphatic carbocycles. The van der Waals surface area contributed by atoms with Gasteiger partial charge in [0, 0.05) is 36.5 Å². The third-order valence-electron chi connectivity index (χ3n) is 4.36. The molecule has 0 saturated carbocycles. The maximum absolute atomic E-state index is 14.4. The summed E-state index contributed by atoms with van der Waals surface area (Å²) < 4.78 is 33.5. The summed E-state index contributed by atoms with van der Waals surface area (Å²) in [4.78, 5) is 17.2. The molecule has 4 rings (SSSR count). The highest BCUT2D eigenvalue weighted by molar-refractivity contribution is 5.97. The molecule has 0 amide bonds. The van der Waals surface area contributed by atoms with E-state index in [9.17, 15) is 8.78 Å². The molecule has 0 spiro atoms. The Morgan fingerprint density at radius 1 is 1.00 bits per heavy atom. The first-order chi connectivity index (χ1) is 14.1. The molecule has 29 heavy (non-hydrogen) atoms. The molecule has 4 aromatic rings. The van der Waals surface area contributed by atoms with E-state index >= 15 is 0 Å². The van der Waals surface area contributed by atoms with Crippen LogP contribution < -0.4 is 10.1 Å². The number of anilines is 1. The van der Waals surface area contributed by atoms with Gasteiger partial charge in [0.05, 0.1) is 12.2 Å². The average Bonchev–Trinajstić information content (AvgIpc) is 2.74. The minimum atomic E-state index is -0.656. The van der Waals surface area contributed by atoms with Crippen LogP contribution in [0.15, 0.2) is 49.1 Å². The minimum absolute atomic E-state index is 0.261. The van der Waals surface area contributed by atoms with Crippen molar-refractivity contribution >= 4 is 16.7 Å². The second-order valence-corrected chi connectivity index (χ2v) is 6.20. The molecule has 2 aromatic heterocycles. The van der Waals surface area contributed by atoms with Crippen molar-refractivity contribution in [2.45, 2.75) is 6.92 Å². The standard InChI is InChI=1S/C21H17F2N5O/c1-3-29-18-7-12(15-5-4-14(22)8-17(15)23)6-16-19(18)27-20(28-21(16)24-2)13-9-25-11-26-10-13/h4-11H,3H2,1-2H3,(H,24,27,28). The Morgan fingerprint density at radius 3 is 2.48 bits per heavy atom. The van der Waals surface area contributed by atoms with Crippen LogP contribution in [0.4, 0.5) is 14.6 Å². The summed E-state index contributed by atoms with van der Waals surface area (Å²) >= 11 is 0. The van der Waals surface area contributed by atoms with Crippen molar-refractivity contribution in [1.82, 2.24) is 19.9 Å². The van der Waals surface area contributed by atoms with E-state index in [1.54, 1.807) is 31.6 Å². The molecule has 0 atom stereocenters. The van der Waals surface area contributed by atoms with E-state index in [-0.39, 0.29) is 5.56 Å². The van der Waals surface area contributed by atoms with Gasteiger partial charge in [0.2, 0.25) is 0 Å². The van der Waals surface area contributed by atoms with Crippen molar-refractivity contribution in [3.8, 4) is 28.3 Å². The van der Waals surface area contributed by atoms with Gasteiger partial charge in [-0.2, -0.15) is 0 Å². The van der Waals surface area contributed by atoms with E-state index in [0.29, 0.717) is 46.0 Å². The normalized spacial score (nSPS) is 10.9. The van der Waals surface area contributed by atoms with Crippen molar-refractivity contribution < 1.29 is 13.5 Å². The van der Waals surface area contributed by atoms with Crippen LogP contribution in [-0.4, -0.2) is 33.6 Å². The number of benzene rings is 2. The third-order valence-corrected chi connectivity index (χ3v) is 4.36. The van der Waals surface area contributed by atoms with Gasteiger partial charge in [0.15, 0.2) is 5.82 Å². The van der Waals surface area contributed by atoms with Crippen LogP contribution in [0.3, 0.4) is 0 Å². The molecule has 0 radical (unpaired) electrons. The van der Waals surface area contributed by atoms with Gasteiger partial charge >= 0.3 is 0 Å². The summed E-state index contributed by atoms with van der Waals surface area (Å²) in [6.45, 7) is 2.25. The number of hydrogen-bond donors (Lipinski definition) is 1. The van der Waals surface area contributed by atoms with Crippen molar-refractivity contribution in [1.29, 1.82) is 0 Å². The number of rotatable bonds is 5. The van der Waals surface area contributed by atoms with Crippen molar-refractivity contribution in [2.24, 2.45) is 0 Å². The molecule has 6 nitrogen and oxygen atoms in total. The predicted molar refractivity (Wildman–Crippen MR) is 107 cm³/mol.